The smallest absolute Gasteiger partial charge is 0.258 e. The third-order valence-corrected chi connectivity index (χ3v) is 6.90. The van der Waals surface area contributed by atoms with Crippen LogP contribution in [-0.4, -0.2) is 30.2 Å². The molecule has 7 heteroatoms. The van der Waals surface area contributed by atoms with Gasteiger partial charge in [0.15, 0.2) is 0 Å². The van der Waals surface area contributed by atoms with Gasteiger partial charge in [0, 0.05) is 24.7 Å². The second-order valence-electron chi connectivity index (χ2n) is 8.02. The first-order valence-corrected chi connectivity index (χ1v) is 9.23. The van der Waals surface area contributed by atoms with Gasteiger partial charge in [-0.2, -0.15) is 4.31 Å². The molecule has 2 fully saturated rings. The quantitative estimate of drug-likeness (QED) is 0.626. The Bertz CT molecular complexity index is 759. The van der Waals surface area contributed by atoms with Crippen molar-refractivity contribution in [2.45, 2.75) is 51.0 Å². The molecule has 0 N–H and O–H groups in total. The normalized spacial score (nSPS) is 30.3. The number of rotatable bonds is 3. The molecule has 0 unspecified atom stereocenters. The summed E-state index contributed by atoms with van der Waals surface area (Å²) in [5.41, 5.74) is -0.0926. The fraction of sp³-hybridized carbons (Fsp3) is 0.625. The average Bonchev–Trinajstić information content (AvgIpc) is 2.68. The summed E-state index contributed by atoms with van der Waals surface area (Å²) in [7, 11) is -3.71. The zero-order valence-corrected chi connectivity index (χ0v) is 14.5. The third-order valence-electron chi connectivity index (χ3n) is 5.00. The zero-order valence-electron chi connectivity index (χ0n) is 13.7. The predicted molar refractivity (Wildman–Crippen MR) is 86.5 cm³/mol. The van der Waals surface area contributed by atoms with Gasteiger partial charge >= 0.3 is 0 Å². The number of hydrogen-bond donors (Lipinski definition) is 0. The number of nitro groups is 1. The van der Waals surface area contributed by atoms with Gasteiger partial charge in [0.25, 0.3) is 5.69 Å². The van der Waals surface area contributed by atoms with Gasteiger partial charge in [-0.1, -0.05) is 26.8 Å². The van der Waals surface area contributed by atoms with Gasteiger partial charge in [0.1, 0.15) is 0 Å². The van der Waals surface area contributed by atoms with Crippen LogP contribution in [0.2, 0.25) is 0 Å². The summed E-state index contributed by atoms with van der Waals surface area (Å²) in [6, 6.07) is 5.32. The van der Waals surface area contributed by atoms with Crippen molar-refractivity contribution >= 4 is 15.7 Å². The standard InChI is InChI=1S/C16H22N2O4S/c1-15(2)8-13-9-16(3,10-15)11-17(13)23(21,22)14-6-4-5-12(7-14)18(19)20/h4-7,13H,8-11H2,1-3H3/t13-,16-/m1/s1. The Morgan fingerprint density at radius 3 is 2.61 bits per heavy atom. The number of nitrogens with zero attached hydrogens (tertiary/aromatic N) is 2. The summed E-state index contributed by atoms with van der Waals surface area (Å²) in [6.07, 6.45) is 2.69. The molecule has 0 radical (unpaired) electrons. The number of hydrogen-bond acceptors (Lipinski definition) is 4. The molecule has 1 saturated heterocycles. The summed E-state index contributed by atoms with van der Waals surface area (Å²) in [6.45, 7) is 7.00. The molecule has 6 nitrogen and oxygen atoms in total. The monoisotopic (exact) mass is 338 g/mol. The lowest BCUT2D eigenvalue weighted by atomic mass is 9.65. The van der Waals surface area contributed by atoms with Crippen molar-refractivity contribution in [3.63, 3.8) is 0 Å². The molecule has 0 amide bonds. The molecule has 1 aromatic rings. The minimum atomic E-state index is -3.71. The van der Waals surface area contributed by atoms with Crippen LogP contribution in [-0.2, 0) is 10.0 Å². The number of nitro benzene ring substituents is 1. The van der Waals surface area contributed by atoms with E-state index in [9.17, 15) is 18.5 Å². The lowest BCUT2D eigenvalue weighted by Crippen LogP contribution is -2.37. The maximum Gasteiger partial charge on any atom is 0.270 e. The maximum absolute atomic E-state index is 13.0. The van der Waals surface area contributed by atoms with E-state index in [0.29, 0.717) is 6.54 Å². The first kappa shape index (κ1) is 16.4. The molecular weight excluding hydrogens is 316 g/mol. The molecule has 0 spiro atoms. The van der Waals surface area contributed by atoms with Crippen LogP contribution >= 0.6 is 0 Å². The number of fused-ring (bicyclic) bond motifs is 2. The molecule has 1 aromatic carbocycles. The van der Waals surface area contributed by atoms with Crippen molar-refractivity contribution in [3.8, 4) is 0 Å². The Morgan fingerprint density at radius 2 is 1.96 bits per heavy atom. The lowest BCUT2D eigenvalue weighted by molar-refractivity contribution is -0.385. The van der Waals surface area contributed by atoms with Crippen LogP contribution in [0.5, 0.6) is 0 Å². The Kier molecular flexibility index (Phi) is 3.57. The number of non-ortho nitro benzene ring substituents is 1. The van der Waals surface area contributed by atoms with E-state index >= 15 is 0 Å². The van der Waals surface area contributed by atoms with Crippen LogP contribution in [0, 0.1) is 20.9 Å². The van der Waals surface area contributed by atoms with Crippen LogP contribution in [0.15, 0.2) is 29.2 Å². The Balaban J connectivity index is 1.98. The van der Waals surface area contributed by atoms with Crippen LogP contribution in [0.3, 0.4) is 0 Å². The first-order valence-electron chi connectivity index (χ1n) is 7.79. The highest BCUT2D eigenvalue weighted by atomic mass is 32.2. The highest BCUT2D eigenvalue weighted by Gasteiger charge is 2.53. The summed E-state index contributed by atoms with van der Waals surface area (Å²) < 4.78 is 27.6. The molecule has 3 rings (SSSR count). The average molecular weight is 338 g/mol. The summed E-state index contributed by atoms with van der Waals surface area (Å²) in [4.78, 5) is 10.4. The van der Waals surface area contributed by atoms with E-state index in [2.05, 4.69) is 20.8 Å². The molecular formula is C16H22N2O4S. The van der Waals surface area contributed by atoms with Crippen molar-refractivity contribution in [3.05, 3.63) is 34.4 Å². The molecule has 1 heterocycles. The van der Waals surface area contributed by atoms with E-state index in [4.69, 9.17) is 0 Å². The second-order valence-corrected chi connectivity index (χ2v) is 9.91. The fourth-order valence-corrected chi connectivity index (χ4v) is 6.40. The van der Waals surface area contributed by atoms with E-state index < -0.39 is 14.9 Å². The van der Waals surface area contributed by atoms with Crippen molar-refractivity contribution in [2.75, 3.05) is 6.54 Å². The first-order chi connectivity index (χ1) is 10.5. The van der Waals surface area contributed by atoms with E-state index in [1.807, 2.05) is 0 Å². The number of sulfonamides is 1. The maximum atomic E-state index is 13.0. The van der Waals surface area contributed by atoms with Gasteiger partial charge < -0.3 is 0 Å². The largest absolute Gasteiger partial charge is 0.270 e. The molecule has 2 bridgehead atoms. The van der Waals surface area contributed by atoms with Crippen molar-refractivity contribution in [1.82, 2.24) is 4.31 Å². The van der Waals surface area contributed by atoms with Crippen LogP contribution in [0.1, 0.15) is 40.0 Å². The minimum Gasteiger partial charge on any atom is -0.258 e. The van der Waals surface area contributed by atoms with Gasteiger partial charge in [-0.25, -0.2) is 8.42 Å². The zero-order chi connectivity index (χ0) is 17.0. The summed E-state index contributed by atoms with van der Waals surface area (Å²) in [5, 5.41) is 10.9. The molecule has 126 valence electrons. The number of benzene rings is 1. The van der Waals surface area contributed by atoms with Gasteiger partial charge in [-0.05, 0) is 36.2 Å². The molecule has 1 aliphatic heterocycles. The topological polar surface area (TPSA) is 80.5 Å². The van der Waals surface area contributed by atoms with Crippen LogP contribution in [0.25, 0.3) is 0 Å². The molecule has 0 aromatic heterocycles. The van der Waals surface area contributed by atoms with Gasteiger partial charge in [0.2, 0.25) is 10.0 Å². The SMILES string of the molecule is CC1(C)C[C@@H]2C[C@@](C)(CN2S(=O)(=O)c2cccc([N+](=O)[O-])c2)C1. The molecule has 2 atom stereocenters. The second kappa shape index (κ2) is 5.01. The fourth-order valence-electron chi connectivity index (χ4n) is 4.58. The lowest BCUT2D eigenvalue weighted by Gasteiger charge is -2.39. The predicted octanol–water partition coefficient (Wildman–Crippen LogP) is 3.18. The molecule has 2 aliphatic rings. The van der Waals surface area contributed by atoms with Gasteiger partial charge in [0.05, 0.1) is 9.82 Å². The molecule has 1 saturated carbocycles. The molecule has 1 aliphatic carbocycles. The van der Waals surface area contributed by atoms with E-state index in [0.717, 1.165) is 25.3 Å². The Labute approximate surface area is 136 Å². The summed E-state index contributed by atoms with van der Waals surface area (Å²) >= 11 is 0. The van der Waals surface area contributed by atoms with Gasteiger partial charge in [-0.15, -0.1) is 0 Å². The highest BCUT2D eigenvalue weighted by molar-refractivity contribution is 7.89. The van der Waals surface area contributed by atoms with Crippen molar-refractivity contribution < 1.29 is 13.3 Å². The van der Waals surface area contributed by atoms with Crippen LogP contribution in [0.4, 0.5) is 5.69 Å². The van der Waals surface area contributed by atoms with Crippen molar-refractivity contribution in [2.24, 2.45) is 10.8 Å². The highest BCUT2D eigenvalue weighted by Crippen LogP contribution is 2.53. The van der Waals surface area contributed by atoms with Crippen molar-refractivity contribution in [1.29, 1.82) is 0 Å². The summed E-state index contributed by atoms with van der Waals surface area (Å²) in [5.74, 6) is 0. The van der Waals surface area contributed by atoms with E-state index in [-0.39, 0.29) is 27.5 Å². The molecule has 23 heavy (non-hydrogen) atoms. The third kappa shape index (κ3) is 2.87. The Morgan fingerprint density at radius 1 is 1.26 bits per heavy atom. The van der Waals surface area contributed by atoms with Crippen LogP contribution < -0.4 is 0 Å². The Hall–Kier alpha value is -1.47. The van der Waals surface area contributed by atoms with E-state index in [1.165, 1.54) is 18.2 Å². The minimum absolute atomic E-state index is 0.0137. The van der Waals surface area contributed by atoms with Gasteiger partial charge in [-0.3, -0.25) is 10.1 Å². The van der Waals surface area contributed by atoms with E-state index in [1.54, 1.807) is 4.31 Å².